The van der Waals surface area contributed by atoms with E-state index in [-0.39, 0.29) is 5.56 Å². The zero-order chi connectivity index (χ0) is 10.8. The van der Waals surface area contributed by atoms with Crippen molar-refractivity contribution in [2.24, 2.45) is 0 Å². The van der Waals surface area contributed by atoms with Gasteiger partial charge in [0.2, 0.25) is 0 Å². The Kier molecular flexibility index (Phi) is 2.86. The maximum absolute atomic E-state index is 11.3. The van der Waals surface area contributed by atoms with Crippen LogP contribution in [0.1, 0.15) is 5.69 Å². The molecule has 0 aliphatic carbocycles. The van der Waals surface area contributed by atoms with E-state index in [1.54, 1.807) is 0 Å². The summed E-state index contributed by atoms with van der Waals surface area (Å²) in [5.74, 6) is 0.622. The molecule has 0 bridgehead atoms. The number of aromatic nitrogens is 2. The smallest absolute Gasteiger partial charge is 0.251 e. The SMILES string of the molecule is Cc1cc(=O)[nH]c(-c2ccc(I)cc2)n1. The van der Waals surface area contributed by atoms with Crippen LogP contribution in [0, 0.1) is 10.5 Å². The summed E-state index contributed by atoms with van der Waals surface area (Å²) in [5.41, 5.74) is 1.54. The highest BCUT2D eigenvalue weighted by atomic mass is 127. The highest BCUT2D eigenvalue weighted by molar-refractivity contribution is 14.1. The summed E-state index contributed by atoms with van der Waals surface area (Å²) in [4.78, 5) is 18.2. The zero-order valence-corrected chi connectivity index (χ0v) is 10.3. The first-order chi connectivity index (χ1) is 7.15. The molecule has 0 unspecified atom stereocenters. The van der Waals surface area contributed by atoms with Crippen LogP contribution in [0.4, 0.5) is 0 Å². The van der Waals surface area contributed by atoms with Gasteiger partial charge in [-0.2, -0.15) is 0 Å². The van der Waals surface area contributed by atoms with Gasteiger partial charge in [0.05, 0.1) is 0 Å². The van der Waals surface area contributed by atoms with Crippen molar-refractivity contribution in [1.29, 1.82) is 0 Å². The minimum atomic E-state index is -0.115. The van der Waals surface area contributed by atoms with Crippen molar-refractivity contribution in [3.8, 4) is 11.4 Å². The van der Waals surface area contributed by atoms with Gasteiger partial charge in [-0.1, -0.05) is 12.1 Å². The molecular formula is C11H9IN2O. The number of aryl methyl sites for hydroxylation is 1. The standard InChI is InChI=1S/C11H9IN2O/c1-7-6-10(15)14-11(13-7)8-2-4-9(12)5-3-8/h2-6H,1H3,(H,13,14,15). The second kappa shape index (κ2) is 4.14. The lowest BCUT2D eigenvalue weighted by molar-refractivity contribution is 1.07. The monoisotopic (exact) mass is 312 g/mol. The fourth-order valence-electron chi connectivity index (χ4n) is 1.32. The number of hydrogen-bond donors (Lipinski definition) is 1. The molecule has 0 radical (unpaired) electrons. The van der Waals surface area contributed by atoms with Crippen LogP contribution in [0.5, 0.6) is 0 Å². The number of nitrogens with zero attached hydrogens (tertiary/aromatic N) is 1. The Balaban J connectivity index is 2.54. The summed E-state index contributed by atoms with van der Waals surface area (Å²) in [5, 5.41) is 0. The lowest BCUT2D eigenvalue weighted by atomic mass is 10.2. The summed E-state index contributed by atoms with van der Waals surface area (Å²) in [6.07, 6.45) is 0. The summed E-state index contributed by atoms with van der Waals surface area (Å²) in [6.45, 7) is 1.81. The fourth-order valence-corrected chi connectivity index (χ4v) is 1.68. The minimum absolute atomic E-state index is 0.115. The fraction of sp³-hybridized carbons (Fsp3) is 0.0909. The van der Waals surface area contributed by atoms with Crippen LogP contribution in [0.25, 0.3) is 11.4 Å². The van der Waals surface area contributed by atoms with Crippen molar-refractivity contribution < 1.29 is 0 Å². The predicted octanol–water partition coefficient (Wildman–Crippen LogP) is 2.35. The second-order valence-corrected chi connectivity index (χ2v) is 4.49. The van der Waals surface area contributed by atoms with E-state index in [2.05, 4.69) is 32.6 Å². The van der Waals surface area contributed by atoms with Gasteiger partial charge in [-0.15, -0.1) is 0 Å². The summed E-state index contributed by atoms with van der Waals surface area (Å²) >= 11 is 2.24. The zero-order valence-electron chi connectivity index (χ0n) is 8.12. The van der Waals surface area contributed by atoms with Crippen molar-refractivity contribution in [2.75, 3.05) is 0 Å². The molecule has 0 aliphatic heterocycles. The number of aromatic amines is 1. The number of rotatable bonds is 1. The molecule has 1 aromatic heterocycles. The molecule has 0 fully saturated rings. The first-order valence-electron chi connectivity index (χ1n) is 4.49. The van der Waals surface area contributed by atoms with Crippen molar-refractivity contribution in [2.45, 2.75) is 6.92 Å². The largest absolute Gasteiger partial charge is 0.307 e. The third kappa shape index (κ3) is 2.44. The minimum Gasteiger partial charge on any atom is -0.307 e. The van der Waals surface area contributed by atoms with Crippen LogP contribution in [0.3, 0.4) is 0 Å². The van der Waals surface area contributed by atoms with Crippen LogP contribution >= 0.6 is 22.6 Å². The van der Waals surface area contributed by atoms with Crippen molar-refractivity contribution in [3.05, 3.63) is 49.9 Å². The van der Waals surface area contributed by atoms with Gasteiger partial charge in [-0.3, -0.25) is 4.79 Å². The second-order valence-electron chi connectivity index (χ2n) is 3.24. The van der Waals surface area contributed by atoms with Crippen LogP contribution in [-0.2, 0) is 0 Å². The Morgan fingerprint density at radius 2 is 1.93 bits per heavy atom. The summed E-state index contributed by atoms with van der Waals surface area (Å²) in [7, 11) is 0. The Hall–Kier alpha value is -1.17. The molecule has 0 saturated heterocycles. The molecule has 0 amide bonds. The van der Waals surface area contributed by atoms with Gasteiger partial charge in [-0.25, -0.2) is 4.98 Å². The van der Waals surface area contributed by atoms with Gasteiger partial charge >= 0.3 is 0 Å². The molecule has 15 heavy (non-hydrogen) atoms. The molecule has 1 heterocycles. The van der Waals surface area contributed by atoms with Crippen LogP contribution in [0.15, 0.2) is 35.1 Å². The Bertz CT molecular complexity index is 531. The molecule has 3 nitrogen and oxygen atoms in total. The maximum Gasteiger partial charge on any atom is 0.251 e. The molecule has 2 aromatic rings. The third-order valence-electron chi connectivity index (χ3n) is 1.99. The topological polar surface area (TPSA) is 45.8 Å². The molecule has 76 valence electrons. The van der Waals surface area contributed by atoms with Crippen LogP contribution < -0.4 is 5.56 Å². The van der Waals surface area contributed by atoms with Gasteiger partial charge in [-0.05, 0) is 41.6 Å². The van der Waals surface area contributed by atoms with Gasteiger partial charge in [0, 0.05) is 20.9 Å². The first kappa shape index (κ1) is 10.4. The van der Waals surface area contributed by atoms with Gasteiger partial charge < -0.3 is 4.98 Å². The number of benzene rings is 1. The van der Waals surface area contributed by atoms with Gasteiger partial charge in [0.25, 0.3) is 5.56 Å². The molecule has 0 aliphatic rings. The molecule has 2 rings (SSSR count). The summed E-state index contributed by atoms with van der Waals surface area (Å²) < 4.78 is 1.16. The van der Waals surface area contributed by atoms with E-state index in [1.165, 1.54) is 6.07 Å². The average Bonchev–Trinajstić information content (AvgIpc) is 2.17. The molecule has 0 atom stereocenters. The van der Waals surface area contributed by atoms with E-state index in [4.69, 9.17) is 0 Å². The molecule has 0 saturated carbocycles. The lowest BCUT2D eigenvalue weighted by Gasteiger charge is -2.01. The lowest BCUT2D eigenvalue weighted by Crippen LogP contribution is -2.08. The molecular weight excluding hydrogens is 303 g/mol. The quantitative estimate of drug-likeness (QED) is 0.822. The predicted molar refractivity (Wildman–Crippen MR) is 67.7 cm³/mol. The number of halogens is 1. The molecule has 1 aromatic carbocycles. The number of nitrogens with one attached hydrogen (secondary N) is 1. The molecule has 4 heteroatoms. The molecule has 0 spiro atoms. The van der Waals surface area contributed by atoms with Crippen LogP contribution in [-0.4, -0.2) is 9.97 Å². The van der Waals surface area contributed by atoms with E-state index in [1.807, 2.05) is 31.2 Å². The first-order valence-corrected chi connectivity index (χ1v) is 5.57. The highest BCUT2D eigenvalue weighted by Gasteiger charge is 2.01. The highest BCUT2D eigenvalue weighted by Crippen LogP contribution is 2.15. The van der Waals surface area contributed by atoms with Crippen LogP contribution in [0.2, 0.25) is 0 Å². The molecule has 1 N–H and O–H groups in total. The third-order valence-corrected chi connectivity index (χ3v) is 2.71. The van der Waals surface area contributed by atoms with E-state index in [0.717, 1.165) is 14.8 Å². The van der Waals surface area contributed by atoms with Crippen molar-refractivity contribution >= 4 is 22.6 Å². The normalized spacial score (nSPS) is 10.3. The van der Waals surface area contributed by atoms with E-state index in [0.29, 0.717) is 5.82 Å². The van der Waals surface area contributed by atoms with Crippen molar-refractivity contribution in [3.63, 3.8) is 0 Å². The van der Waals surface area contributed by atoms with E-state index in [9.17, 15) is 4.79 Å². The number of H-pyrrole nitrogens is 1. The van der Waals surface area contributed by atoms with Gasteiger partial charge in [0.15, 0.2) is 0 Å². The van der Waals surface area contributed by atoms with E-state index < -0.39 is 0 Å². The maximum atomic E-state index is 11.3. The Labute approximate surface area is 101 Å². The Morgan fingerprint density at radius 3 is 2.53 bits per heavy atom. The average molecular weight is 312 g/mol. The Morgan fingerprint density at radius 1 is 1.27 bits per heavy atom. The number of hydrogen-bond acceptors (Lipinski definition) is 2. The summed E-state index contributed by atoms with van der Waals surface area (Å²) in [6, 6.07) is 9.34. The van der Waals surface area contributed by atoms with E-state index >= 15 is 0 Å². The van der Waals surface area contributed by atoms with Gasteiger partial charge in [0.1, 0.15) is 5.82 Å². The van der Waals surface area contributed by atoms with Crippen molar-refractivity contribution in [1.82, 2.24) is 9.97 Å².